The lowest BCUT2D eigenvalue weighted by Gasteiger charge is -2.20. The molecular weight excluding hydrogens is 292 g/mol. The molecule has 3 aromatic rings. The lowest BCUT2D eigenvalue weighted by Crippen LogP contribution is -2.13. The van der Waals surface area contributed by atoms with Crippen LogP contribution in [0.1, 0.15) is 16.8 Å². The van der Waals surface area contributed by atoms with Gasteiger partial charge in [0.05, 0.1) is 16.7 Å². The zero-order valence-electron chi connectivity index (χ0n) is 13.3. The van der Waals surface area contributed by atoms with Crippen molar-refractivity contribution in [2.75, 3.05) is 19.0 Å². The molecule has 0 saturated heterocycles. The quantitative estimate of drug-likeness (QED) is 0.741. The van der Waals surface area contributed by atoms with Crippen molar-refractivity contribution in [3.05, 3.63) is 47.3 Å². The number of nitrogens with zero attached hydrogens (tertiary/aromatic N) is 3. The number of hydrogen-bond donors (Lipinski definition) is 1. The van der Waals surface area contributed by atoms with E-state index in [1.54, 1.807) is 11.8 Å². The largest absolute Gasteiger partial charge is 0.377 e. The molecule has 2 aromatic heterocycles. The molecule has 0 aliphatic heterocycles. The number of para-hydroxylation sites is 2. The summed E-state index contributed by atoms with van der Waals surface area (Å²) >= 11 is 1.69. The number of anilines is 1. The molecular formula is C17H20N4S. The van der Waals surface area contributed by atoms with Crippen LogP contribution in [-0.2, 0) is 5.75 Å². The SMILES string of the molecule is Cc1cnc(CSc2nc3ccccc3[nH]2)c(C)c1N(C)C. The molecule has 1 aromatic carbocycles. The van der Waals surface area contributed by atoms with E-state index in [0.29, 0.717) is 0 Å². The van der Waals surface area contributed by atoms with Crippen LogP contribution in [0.25, 0.3) is 11.0 Å². The summed E-state index contributed by atoms with van der Waals surface area (Å²) < 4.78 is 0. The molecule has 0 aliphatic carbocycles. The van der Waals surface area contributed by atoms with Crippen LogP contribution >= 0.6 is 11.8 Å². The van der Waals surface area contributed by atoms with Gasteiger partial charge in [0.1, 0.15) is 0 Å². The first-order chi connectivity index (χ1) is 10.6. The molecule has 114 valence electrons. The number of nitrogens with one attached hydrogen (secondary N) is 1. The molecule has 0 unspecified atom stereocenters. The summed E-state index contributed by atoms with van der Waals surface area (Å²) in [7, 11) is 4.15. The van der Waals surface area contributed by atoms with Crippen LogP contribution in [0.3, 0.4) is 0 Å². The number of rotatable bonds is 4. The fourth-order valence-corrected chi connectivity index (χ4v) is 3.64. The molecule has 0 spiro atoms. The summed E-state index contributed by atoms with van der Waals surface area (Å²) in [5.41, 5.74) is 6.91. The third-order valence-corrected chi connectivity index (χ3v) is 4.62. The molecule has 4 nitrogen and oxygen atoms in total. The number of pyridine rings is 1. The molecule has 0 fully saturated rings. The monoisotopic (exact) mass is 312 g/mol. The van der Waals surface area contributed by atoms with Gasteiger partial charge in [0.25, 0.3) is 0 Å². The van der Waals surface area contributed by atoms with Crippen LogP contribution in [0.15, 0.2) is 35.6 Å². The Labute approximate surface area is 135 Å². The minimum Gasteiger partial charge on any atom is -0.377 e. The summed E-state index contributed by atoms with van der Waals surface area (Å²) in [6, 6.07) is 8.10. The maximum Gasteiger partial charge on any atom is 0.166 e. The summed E-state index contributed by atoms with van der Waals surface area (Å²) in [6.45, 7) is 4.25. The van der Waals surface area contributed by atoms with E-state index in [9.17, 15) is 0 Å². The number of benzene rings is 1. The summed E-state index contributed by atoms with van der Waals surface area (Å²) in [5, 5.41) is 0.939. The Morgan fingerprint density at radius 2 is 1.95 bits per heavy atom. The van der Waals surface area contributed by atoms with Crippen molar-refractivity contribution in [3.8, 4) is 0 Å². The predicted molar refractivity (Wildman–Crippen MR) is 93.7 cm³/mol. The highest BCUT2D eigenvalue weighted by molar-refractivity contribution is 7.98. The number of thioether (sulfide) groups is 1. The van der Waals surface area contributed by atoms with Gasteiger partial charge in [0.15, 0.2) is 5.16 Å². The smallest absolute Gasteiger partial charge is 0.166 e. The van der Waals surface area contributed by atoms with Crippen molar-refractivity contribution in [2.45, 2.75) is 24.8 Å². The van der Waals surface area contributed by atoms with Crippen LogP contribution in [0.5, 0.6) is 0 Å². The maximum absolute atomic E-state index is 4.60. The van der Waals surface area contributed by atoms with Gasteiger partial charge in [-0.2, -0.15) is 0 Å². The Kier molecular flexibility index (Phi) is 4.07. The van der Waals surface area contributed by atoms with Gasteiger partial charge >= 0.3 is 0 Å². The number of imidazole rings is 1. The zero-order chi connectivity index (χ0) is 15.7. The van der Waals surface area contributed by atoms with E-state index in [1.165, 1.54) is 16.8 Å². The average molecular weight is 312 g/mol. The third kappa shape index (κ3) is 2.81. The fraction of sp³-hybridized carbons (Fsp3) is 0.294. The van der Waals surface area contributed by atoms with E-state index < -0.39 is 0 Å². The summed E-state index contributed by atoms with van der Waals surface area (Å²) in [5.74, 6) is 0.812. The van der Waals surface area contributed by atoms with Gasteiger partial charge in [-0.05, 0) is 37.1 Å². The van der Waals surface area contributed by atoms with Crippen LogP contribution in [0, 0.1) is 13.8 Å². The molecule has 3 rings (SSSR count). The van der Waals surface area contributed by atoms with Crippen molar-refractivity contribution in [2.24, 2.45) is 0 Å². The first-order valence-corrected chi connectivity index (χ1v) is 8.25. The molecule has 0 atom stereocenters. The van der Waals surface area contributed by atoms with Crippen LogP contribution in [-0.4, -0.2) is 29.0 Å². The zero-order valence-corrected chi connectivity index (χ0v) is 14.2. The van der Waals surface area contributed by atoms with Crippen molar-refractivity contribution in [1.29, 1.82) is 0 Å². The Morgan fingerprint density at radius 3 is 2.68 bits per heavy atom. The highest BCUT2D eigenvalue weighted by Gasteiger charge is 2.12. The Balaban J connectivity index is 1.83. The second kappa shape index (κ2) is 6.01. The Morgan fingerprint density at radius 1 is 1.18 bits per heavy atom. The lowest BCUT2D eigenvalue weighted by atomic mass is 10.1. The number of H-pyrrole nitrogens is 1. The molecule has 5 heteroatoms. The first kappa shape index (κ1) is 14.9. The summed E-state index contributed by atoms with van der Waals surface area (Å²) in [4.78, 5) is 14.7. The molecule has 0 amide bonds. The van der Waals surface area contributed by atoms with Crippen molar-refractivity contribution in [3.63, 3.8) is 0 Å². The van der Waals surface area contributed by atoms with Gasteiger partial charge in [0, 0.05) is 31.7 Å². The highest BCUT2D eigenvalue weighted by atomic mass is 32.2. The van der Waals surface area contributed by atoms with E-state index in [4.69, 9.17) is 0 Å². The second-order valence-electron chi connectivity index (χ2n) is 5.60. The molecule has 0 bridgehead atoms. The lowest BCUT2D eigenvalue weighted by molar-refractivity contribution is 1.03. The molecule has 1 N–H and O–H groups in total. The second-order valence-corrected chi connectivity index (χ2v) is 6.57. The first-order valence-electron chi connectivity index (χ1n) is 7.26. The van der Waals surface area contributed by atoms with Crippen molar-refractivity contribution in [1.82, 2.24) is 15.0 Å². The van der Waals surface area contributed by atoms with Gasteiger partial charge in [0.2, 0.25) is 0 Å². The predicted octanol–water partition coefficient (Wildman–Crippen LogP) is 3.93. The number of aromatic amines is 1. The standard InChI is InChI=1S/C17H20N4S/c1-11-9-18-15(12(2)16(11)21(3)4)10-22-17-19-13-7-5-6-8-14(13)20-17/h5-9H,10H2,1-4H3,(H,19,20). The number of hydrogen-bond acceptors (Lipinski definition) is 4. The number of fused-ring (bicyclic) bond motifs is 1. The molecule has 22 heavy (non-hydrogen) atoms. The van der Waals surface area contributed by atoms with Gasteiger partial charge in [-0.15, -0.1) is 0 Å². The normalized spacial score (nSPS) is 11.1. The summed E-state index contributed by atoms with van der Waals surface area (Å²) in [6.07, 6.45) is 1.96. The van der Waals surface area contributed by atoms with Crippen molar-refractivity contribution < 1.29 is 0 Å². The minimum atomic E-state index is 0.812. The maximum atomic E-state index is 4.60. The molecule has 2 heterocycles. The third-order valence-electron chi connectivity index (χ3n) is 3.74. The average Bonchev–Trinajstić information content (AvgIpc) is 2.89. The number of aromatic nitrogens is 3. The highest BCUT2D eigenvalue weighted by Crippen LogP contribution is 2.29. The van der Waals surface area contributed by atoms with Crippen LogP contribution in [0.2, 0.25) is 0 Å². The van der Waals surface area contributed by atoms with Gasteiger partial charge in [-0.3, -0.25) is 4.98 Å². The van der Waals surface area contributed by atoms with E-state index in [2.05, 4.69) is 47.8 Å². The van der Waals surface area contributed by atoms with Crippen LogP contribution in [0.4, 0.5) is 5.69 Å². The van der Waals surface area contributed by atoms with Gasteiger partial charge < -0.3 is 9.88 Å². The van der Waals surface area contributed by atoms with Crippen molar-refractivity contribution >= 4 is 28.5 Å². The van der Waals surface area contributed by atoms with E-state index >= 15 is 0 Å². The Bertz CT molecular complexity index is 775. The van der Waals surface area contributed by atoms with E-state index in [1.807, 2.05) is 30.5 Å². The number of aryl methyl sites for hydroxylation is 1. The Hall–Kier alpha value is -2.01. The fourth-order valence-electron chi connectivity index (χ4n) is 2.73. The van der Waals surface area contributed by atoms with Gasteiger partial charge in [-0.1, -0.05) is 23.9 Å². The molecule has 0 aliphatic rings. The minimum absolute atomic E-state index is 0.812. The van der Waals surface area contributed by atoms with Gasteiger partial charge in [-0.25, -0.2) is 4.98 Å². The topological polar surface area (TPSA) is 44.8 Å². The van der Waals surface area contributed by atoms with Crippen LogP contribution < -0.4 is 4.90 Å². The molecule has 0 radical (unpaired) electrons. The molecule has 0 saturated carbocycles. The van der Waals surface area contributed by atoms with E-state index in [-0.39, 0.29) is 0 Å². The van der Waals surface area contributed by atoms with E-state index in [0.717, 1.165) is 27.6 Å².